The van der Waals surface area contributed by atoms with Crippen molar-refractivity contribution in [3.05, 3.63) is 34.3 Å². The maximum Gasteiger partial charge on any atom is 0.252 e. The van der Waals surface area contributed by atoms with Crippen molar-refractivity contribution in [3.8, 4) is 0 Å². The molecule has 1 aromatic rings. The second-order valence-electron chi connectivity index (χ2n) is 5.98. The van der Waals surface area contributed by atoms with Crippen LogP contribution in [0.4, 0.5) is 0 Å². The number of carbonyl (C=O) groups excluding carboxylic acids is 1. The molecular weight excluding hydrogens is 356 g/mol. The number of morpholine rings is 1. The van der Waals surface area contributed by atoms with Crippen LogP contribution in [0.5, 0.6) is 0 Å². The molecule has 0 bridgehead atoms. The molecule has 4 nitrogen and oxygen atoms in total. The molecule has 128 valence electrons. The van der Waals surface area contributed by atoms with Crippen LogP contribution in [0.15, 0.2) is 28.7 Å². The van der Waals surface area contributed by atoms with Gasteiger partial charge in [-0.05, 0) is 34.0 Å². The van der Waals surface area contributed by atoms with Gasteiger partial charge in [-0.1, -0.05) is 38.8 Å². The number of ether oxygens (including phenoxy) is 1. The predicted octanol–water partition coefficient (Wildman–Crippen LogP) is 3.32. The third-order valence-electron chi connectivity index (χ3n) is 4.70. The molecule has 23 heavy (non-hydrogen) atoms. The summed E-state index contributed by atoms with van der Waals surface area (Å²) < 4.78 is 6.31. The van der Waals surface area contributed by atoms with Gasteiger partial charge in [0.15, 0.2) is 0 Å². The van der Waals surface area contributed by atoms with E-state index in [0.29, 0.717) is 24.1 Å². The average molecular weight is 383 g/mol. The minimum Gasteiger partial charge on any atom is -0.379 e. The zero-order valence-corrected chi connectivity index (χ0v) is 15.6. The molecule has 2 rings (SSSR count). The van der Waals surface area contributed by atoms with Gasteiger partial charge in [0, 0.05) is 30.1 Å². The zero-order valence-electron chi connectivity index (χ0n) is 14.1. The van der Waals surface area contributed by atoms with Crippen molar-refractivity contribution in [2.75, 3.05) is 32.8 Å². The highest BCUT2D eigenvalue weighted by Crippen LogP contribution is 2.20. The summed E-state index contributed by atoms with van der Waals surface area (Å²) in [6.07, 6.45) is 2.26. The second-order valence-corrected chi connectivity index (χ2v) is 6.84. The lowest BCUT2D eigenvalue weighted by molar-refractivity contribution is 0.00191. The van der Waals surface area contributed by atoms with Crippen LogP contribution in [-0.4, -0.2) is 49.7 Å². The SMILES string of the molecule is CCC(CC)[C@H](CNC(=O)c1ccccc1Br)N1CCOCC1. The van der Waals surface area contributed by atoms with Crippen LogP contribution in [0.1, 0.15) is 37.0 Å². The summed E-state index contributed by atoms with van der Waals surface area (Å²) in [5, 5.41) is 3.13. The van der Waals surface area contributed by atoms with E-state index >= 15 is 0 Å². The Kier molecular flexibility index (Phi) is 7.53. The lowest BCUT2D eigenvalue weighted by Crippen LogP contribution is -2.52. The summed E-state index contributed by atoms with van der Waals surface area (Å²) in [7, 11) is 0. The summed E-state index contributed by atoms with van der Waals surface area (Å²) in [6.45, 7) is 8.63. The first kappa shape index (κ1) is 18.4. The van der Waals surface area contributed by atoms with E-state index in [-0.39, 0.29) is 5.91 Å². The Morgan fingerprint density at radius 2 is 1.91 bits per heavy atom. The summed E-state index contributed by atoms with van der Waals surface area (Å²) in [4.78, 5) is 14.9. The highest BCUT2D eigenvalue weighted by atomic mass is 79.9. The molecule has 1 aliphatic rings. The predicted molar refractivity (Wildman–Crippen MR) is 96.7 cm³/mol. The molecule has 1 N–H and O–H groups in total. The van der Waals surface area contributed by atoms with Gasteiger partial charge in [0.25, 0.3) is 5.91 Å². The van der Waals surface area contributed by atoms with Crippen LogP contribution in [0.25, 0.3) is 0 Å². The van der Waals surface area contributed by atoms with Crippen molar-refractivity contribution >= 4 is 21.8 Å². The molecule has 1 aliphatic heterocycles. The summed E-state index contributed by atoms with van der Waals surface area (Å²) in [5.41, 5.74) is 0.692. The third kappa shape index (κ3) is 5.03. The van der Waals surface area contributed by atoms with Crippen LogP contribution < -0.4 is 5.32 Å². The van der Waals surface area contributed by atoms with Gasteiger partial charge in [-0.2, -0.15) is 0 Å². The molecule has 1 aromatic carbocycles. The van der Waals surface area contributed by atoms with Gasteiger partial charge in [-0.15, -0.1) is 0 Å². The van der Waals surface area contributed by atoms with E-state index in [1.54, 1.807) is 0 Å². The van der Waals surface area contributed by atoms with E-state index in [1.807, 2.05) is 24.3 Å². The smallest absolute Gasteiger partial charge is 0.252 e. The second kappa shape index (κ2) is 9.40. The number of nitrogens with zero attached hydrogens (tertiary/aromatic N) is 1. The normalized spacial score (nSPS) is 17.2. The number of halogens is 1. The number of amides is 1. The Balaban J connectivity index is 2.02. The minimum atomic E-state index is -0.0123. The molecule has 0 radical (unpaired) electrons. The maximum absolute atomic E-state index is 12.5. The molecule has 1 fully saturated rings. The topological polar surface area (TPSA) is 41.6 Å². The van der Waals surface area contributed by atoms with Crippen LogP contribution in [0.2, 0.25) is 0 Å². The first-order valence-electron chi connectivity index (χ1n) is 8.51. The molecule has 0 unspecified atom stereocenters. The largest absolute Gasteiger partial charge is 0.379 e. The van der Waals surface area contributed by atoms with Gasteiger partial charge in [-0.3, -0.25) is 9.69 Å². The fourth-order valence-electron chi connectivity index (χ4n) is 3.27. The Bertz CT molecular complexity index is 500. The van der Waals surface area contributed by atoms with Crippen LogP contribution >= 0.6 is 15.9 Å². The van der Waals surface area contributed by atoms with Crippen molar-refractivity contribution in [2.24, 2.45) is 5.92 Å². The first-order valence-corrected chi connectivity index (χ1v) is 9.31. The number of rotatable bonds is 7. The van der Waals surface area contributed by atoms with Crippen LogP contribution in [0, 0.1) is 5.92 Å². The average Bonchev–Trinajstić information content (AvgIpc) is 2.59. The highest BCUT2D eigenvalue weighted by molar-refractivity contribution is 9.10. The summed E-state index contributed by atoms with van der Waals surface area (Å²) >= 11 is 3.45. The molecule has 0 aromatic heterocycles. The molecule has 1 amide bonds. The Morgan fingerprint density at radius 1 is 1.26 bits per heavy atom. The van der Waals surface area contributed by atoms with Crippen molar-refractivity contribution in [1.29, 1.82) is 0 Å². The third-order valence-corrected chi connectivity index (χ3v) is 5.39. The molecular formula is C18H27BrN2O2. The number of nitrogens with one attached hydrogen (secondary N) is 1. The standard InChI is InChI=1S/C18H27BrN2O2/c1-3-14(4-2)17(21-9-11-23-12-10-21)13-20-18(22)15-7-5-6-8-16(15)19/h5-8,14,17H,3-4,9-13H2,1-2H3,(H,20,22)/t17-/m0/s1. The van der Waals surface area contributed by atoms with Gasteiger partial charge in [0.1, 0.15) is 0 Å². The molecule has 5 heteroatoms. The van der Waals surface area contributed by atoms with Crippen molar-refractivity contribution < 1.29 is 9.53 Å². The van der Waals surface area contributed by atoms with Crippen molar-refractivity contribution in [3.63, 3.8) is 0 Å². The highest BCUT2D eigenvalue weighted by Gasteiger charge is 2.27. The maximum atomic E-state index is 12.5. The molecule has 0 spiro atoms. The van der Waals surface area contributed by atoms with Crippen molar-refractivity contribution in [1.82, 2.24) is 10.2 Å². The fourth-order valence-corrected chi connectivity index (χ4v) is 3.74. The monoisotopic (exact) mass is 382 g/mol. The number of hydrogen-bond acceptors (Lipinski definition) is 3. The van der Waals surface area contributed by atoms with Crippen LogP contribution in [0.3, 0.4) is 0 Å². The Labute approximate surface area is 147 Å². The Morgan fingerprint density at radius 3 is 2.52 bits per heavy atom. The van der Waals surface area contributed by atoms with E-state index in [1.165, 1.54) is 0 Å². The first-order chi connectivity index (χ1) is 11.2. The molecule has 1 atom stereocenters. The van der Waals surface area contributed by atoms with Gasteiger partial charge in [0.05, 0.1) is 18.8 Å². The number of carbonyl (C=O) groups is 1. The Hall–Kier alpha value is -0.910. The van der Waals surface area contributed by atoms with Gasteiger partial charge in [-0.25, -0.2) is 0 Å². The molecule has 1 saturated heterocycles. The molecule has 0 saturated carbocycles. The van der Waals surface area contributed by atoms with Gasteiger partial charge >= 0.3 is 0 Å². The van der Waals surface area contributed by atoms with E-state index in [2.05, 4.69) is 40.0 Å². The molecule has 0 aliphatic carbocycles. The summed E-state index contributed by atoms with van der Waals surface area (Å²) in [5.74, 6) is 0.578. The number of benzene rings is 1. The van der Waals surface area contributed by atoms with Crippen LogP contribution in [-0.2, 0) is 4.74 Å². The van der Waals surface area contributed by atoms with Crippen molar-refractivity contribution in [2.45, 2.75) is 32.7 Å². The van der Waals surface area contributed by atoms with Gasteiger partial charge < -0.3 is 10.1 Å². The van der Waals surface area contributed by atoms with E-state index in [4.69, 9.17) is 4.74 Å². The summed E-state index contributed by atoms with van der Waals surface area (Å²) in [6, 6.07) is 7.93. The fraction of sp³-hybridized carbons (Fsp3) is 0.611. The molecule has 1 heterocycles. The quantitative estimate of drug-likeness (QED) is 0.786. The lowest BCUT2D eigenvalue weighted by atomic mass is 9.92. The van der Waals surface area contributed by atoms with E-state index < -0.39 is 0 Å². The van der Waals surface area contributed by atoms with E-state index in [0.717, 1.165) is 43.6 Å². The lowest BCUT2D eigenvalue weighted by Gasteiger charge is -2.38. The minimum absolute atomic E-state index is 0.0123. The van der Waals surface area contributed by atoms with Gasteiger partial charge in [0.2, 0.25) is 0 Å². The van der Waals surface area contributed by atoms with E-state index in [9.17, 15) is 4.79 Å². The number of hydrogen-bond donors (Lipinski definition) is 1. The zero-order chi connectivity index (χ0) is 16.7.